The molecule has 0 heterocycles. The third-order valence-electron chi connectivity index (χ3n) is 17.5. The monoisotopic (exact) mass is 1370 g/mol. The molecular formula is C87H152NO8P. The molecule has 0 saturated carbocycles. The lowest BCUT2D eigenvalue weighted by molar-refractivity contribution is -0.161. The molecule has 3 N–H and O–H groups in total. The molecule has 97 heavy (non-hydrogen) atoms. The van der Waals surface area contributed by atoms with Crippen LogP contribution in [-0.2, 0) is 32.7 Å². The molecule has 558 valence electrons. The molecule has 10 heteroatoms. The molecule has 0 aliphatic heterocycles. The molecule has 0 aliphatic carbocycles. The number of nitrogens with two attached hydrogens (primary N) is 1. The molecule has 0 saturated heterocycles. The second-order valence-electron chi connectivity index (χ2n) is 26.9. The fraction of sp³-hybridized carbons (Fsp3) is 0.724. The number of rotatable bonds is 76. The maximum atomic E-state index is 12.8. The number of phosphoric ester groups is 1. The Morgan fingerprint density at radius 1 is 0.309 bits per heavy atom. The van der Waals surface area contributed by atoms with E-state index in [-0.39, 0.29) is 38.6 Å². The molecule has 0 fully saturated rings. The summed E-state index contributed by atoms with van der Waals surface area (Å²) < 4.78 is 33.3. The zero-order valence-corrected chi connectivity index (χ0v) is 63.9. The number of hydrogen-bond acceptors (Lipinski definition) is 8. The van der Waals surface area contributed by atoms with E-state index < -0.39 is 26.5 Å². The first kappa shape index (κ1) is 93.2. The average molecular weight is 1370 g/mol. The van der Waals surface area contributed by atoms with Crippen molar-refractivity contribution in [3.05, 3.63) is 134 Å². The number of esters is 2. The van der Waals surface area contributed by atoms with Gasteiger partial charge < -0.3 is 20.1 Å². The summed E-state index contributed by atoms with van der Waals surface area (Å²) in [5.41, 5.74) is 5.42. The predicted molar refractivity (Wildman–Crippen MR) is 422 cm³/mol. The molecule has 0 bridgehead atoms. The van der Waals surface area contributed by atoms with Crippen LogP contribution in [0.2, 0.25) is 0 Å². The lowest BCUT2D eigenvalue weighted by atomic mass is 10.0. The summed E-state index contributed by atoms with van der Waals surface area (Å²) in [4.78, 5) is 35.5. The third-order valence-corrected chi connectivity index (χ3v) is 18.5. The number of unbranched alkanes of at least 4 members (excludes halogenated alkanes) is 41. The van der Waals surface area contributed by atoms with Gasteiger partial charge in [-0.05, 0) is 109 Å². The average Bonchev–Trinajstić information content (AvgIpc) is 2.57. The van der Waals surface area contributed by atoms with Crippen molar-refractivity contribution in [3.63, 3.8) is 0 Å². The van der Waals surface area contributed by atoms with Crippen LogP contribution in [0.4, 0.5) is 0 Å². The van der Waals surface area contributed by atoms with E-state index in [2.05, 4.69) is 148 Å². The van der Waals surface area contributed by atoms with Crippen LogP contribution in [0.5, 0.6) is 0 Å². The first-order valence-electron chi connectivity index (χ1n) is 40.7. The maximum absolute atomic E-state index is 12.8. The maximum Gasteiger partial charge on any atom is 0.472 e. The Morgan fingerprint density at radius 3 is 0.794 bits per heavy atom. The van der Waals surface area contributed by atoms with Crippen LogP contribution >= 0.6 is 7.82 Å². The van der Waals surface area contributed by atoms with E-state index in [4.69, 9.17) is 24.3 Å². The van der Waals surface area contributed by atoms with Crippen LogP contribution < -0.4 is 5.73 Å². The van der Waals surface area contributed by atoms with Crippen molar-refractivity contribution in [1.82, 2.24) is 0 Å². The summed E-state index contributed by atoms with van der Waals surface area (Å²) in [6, 6.07) is 0. The van der Waals surface area contributed by atoms with E-state index in [9.17, 15) is 19.0 Å². The van der Waals surface area contributed by atoms with E-state index in [1.54, 1.807) is 0 Å². The van der Waals surface area contributed by atoms with Gasteiger partial charge in [0.05, 0.1) is 13.2 Å². The molecule has 0 radical (unpaired) electrons. The van der Waals surface area contributed by atoms with Crippen LogP contribution in [-0.4, -0.2) is 49.3 Å². The van der Waals surface area contributed by atoms with Crippen LogP contribution in [0.3, 0.4) is 0 Å². The number of allylic oxidation sites excluding steroid dienone is 22. The van der Waals surface area contributed by atoms with Crippen molar-refractivity contribution < 1.29 is 37.6 Å². The quantitative estimate of drug-likeness (QED) is 0.0264. The first-order chi connectivity index (χ1) is 47.8. The minimum absolute atomic E-state index is 0.0519. The summed E-state index contributed by atoms with van der Waals surface area (Å²) in [5.74, 6) is -0.812. The summed E-state index contributed by atoms with van der Waals surface area (Å²) >= 11 is 0. The molecule has 0 spiro atoms. The Hall–Kier alpha value is -3.85. The highest BCUT2D eigenvalue weighted by Crippen LogP contribution is 2.43. The van der Waals surface area contributed by atoms with Gasteiger partial charge >= 0.3 is 19.8 Å². The van der Waals surface area contributed by atoms with E-state index in [0.717, 1.165) is 109 Å². The second kappa shape index (κ2) is 81.1. The zero-order valence-electron chi connectivity index (χ0n) is 63.0. The summed E-state index contributed by atoms with van der Waals surface area (Å²) in [5, 5.41) is 0. The van der Waals surface area contributed by atoms with Gasteiger partial charge in [-0.15, -0.1) is 0 Å². The zero-order chi connectivity index (χ0) is 70.0. The van der Waals surface area contributed by atoms with Crippen molar-refractivity contribution >= 4 is 19.8 Å². The number of carbonyl (C=O) groups is 2. The molecule has 0 aromatic rings. The van der Waals surface area contributed by atoms with E-state index in [1.165, 1.54) is 231 Å². The largest absolute Gasteiger partial charge is 0.472 e. The smallest absolute Gasteiger partial charge is 0.462 e. The number of phosphoric acid groups is 1. The van der Waals surface area contributed by atoms with Gasteiger partial charge in [-0.25, -0.2) is 4.57 Å². The van der Waals surface area contributed by atoms with Gasteiger partial charge in [-0.2, -0.15) is 0 Å². The van der Waals surface area contributed by atoms with E-state index in [0.29, 0.717) is 6.42 Å². The summed E-state index contributed by atoms with van der Waals surface area (Å²) in [6.07, 6.45) is 116. The standard InChI is InChI=1S/C87H152NO8P/c1-3-5-7-9-11-13-15-17-19-21-23-25-27-29-31-33-35-37-39-40-41-42-43-44-46-48-50-52-54-56-58-60-62-64-66-68-70-72-74-76-78-80-87(90)96-85(84-95-97(91,92)94-82-81-88)83-93-86(89)79-77-75-73-71-69-67-65-63-61-59-57-55-53-51-49-47-45-38-36-34-32-30-28-26-24-22-20-18-16-14-12-10-8-6-4-2/h5-8,11-14,17-20,23-26,29,31,35,37,40-41,85H,3-4,9-10,15-16,21-22,27-28,30,32-34,36,38-39,42-84,88H2,1-2H3,(H,91,92)/b7-5-,8-6-,13-11-,14-12-,19-17-,20-18-,25-23-,26-24-,31-29-,37-35-,41-40-. The second-order valence-corrected chi connectivity index (χ2v) is 28.3. The molecule has 0 rings (SSSR count). The van der Waals surface area contributed by atoms with Crippen molar-refractivity contribution in [2.45, 2.75) is 380 Å². The molecular weight excluding hydrogens is 1220 g/mol. The van der Waals surface area contributed by atoms with Crippen molar-refractivity contribution in [2.24, 2.45) is 5.73 Å². The third kappa shape index (κ3) is 81.0. The molecule has 0 aromatic carbocycles. The Morgan fingerprint density at radius 2 is 0.536 bits per heavy atom. The number of ether oxygens (including phenoxy) is 2. The number of carbonyl (C=O) groups excluding carboxylic acids is 2. The van der Waals surface area contributed by atoms with Crippen molar-refractivity contribution in [3.8, 4) is 0 Å². The topological polar surface area (TPSA) is 134 Å². The van der Waals surface area contributed by atoms with Crippen LogP contribution in [0.25, 0.3) is 0 Å². The fourth-order valence-corrected chi connectivity index (χ4v) is 12.4. The molecule has 2 unspecified atom stereocenters. The van der Waals surface area contributed by atoms with Crippen molar-refractivity contribution in [2.75, 3.05) is 26.4 Å². The Labute approximate surface area is 599 Å². The fourth-order valence-electron chi connectivity index (χ4n) is 11.6. The minimum atomic E-state index is -4.40. The van der Waals surface area contributed by atoms with Crippen LogP contribution in [0.1, 0.15) is 373 Å². The highest BCUT2D eigenvalue weighted by atomic mass is 31.2. The summed E-state index contributed by atoms with van der Waals surface area (Å²) in [7, 11) is -4.40. The Kier molecular flexibility index (Phi) is 77.9. The van der Waals surface area contributed by atoms with Gasteiger partial charge in [0.1, 0.15) is 6.61 Å². The van der Waals surface area contributed by atoms with Gasteiger partial charge in [0.2, 0.25) is 0 Å². The molecule has 0 amide bonds. The summed E-state index contributed by atoms with van der Waals surface area (Å²) in [6.45, 7) is 3.56. The Bertz CT molecular complexity index is 2060. The lowest BCUT2D eigenvalue weighted by Crippen LogP contribution is -2.29. The van der Waals surface area contributed by atoms with Crippen LogP contribution in [0, 0.1) is 0 Å². The highest BCUT2D eigenvalue weighted by Gasteiger charge is 2.26. The number of hydrogen-bond donors (Lipinski definition) is 2. The SMILES string of the molecule is CC/C=C\C/C=C\C/C=C\C/C=C\C/C=C\C/C=C\C/C=C\CCCCCCCCCCCCCCCCCCCCCC(=O)OC(COC(=O)CCCCCCCCCCCCCCCCCCCCCCCC/C=C\C/C=C\C/C=C\C/C=C\CC)COP(=O)(O)OCCN. The van der Waals surface area contributed by atoms with Gasteiger partial charge in [0, 0.05) is 19.4 Å². The predicted octanol–water partition coefficient (Wildman–Crippen LogP) is 27.5. The first-order valence-corrected chi connectivity index (χ1v) is 42.2. The van der Waals surface area contributed by atoms with E-state index in [1.807, 2.05) is 0 Å². The molecule has 0 aromatic heterocycles. The van der Waals surface area contributed by atoms with Crippen LogP contribution in [0.15, 0.2) is 134 Å². The van der Waals surface area contributed by atoms with Gasteiger partial charge in [-0.1, -0.05) is 385 Å². The Balaban J connectivity index is 3.79. The molecule has 2 atom stereocenters. The van der Waals surface area contributed by atoms with Crippen molar-refractivity contribution in [1.29, 1.82) is 0 Å². The molecule has 0 aliphatic rings. The molecule has 9 nitrogen and oxygen atoms in total. The normalized spacial score (nSPS) is 13.6. The van der Waals surface area contributed by atoms with E-state index >= 15 is 0 Å². The highest BCUT2D eigenvalue weighted by molar-refractivity contribution is 7.47. The lowest BCUT2D eigenvalue weighted by Gasteiger charge is -2.19. The minimum Gasteiger partial charge on any atom is -0.462 e. The van der Waals surface area contributed by atoms with Gasteiger partial charge in [0.25, 0.3) is 0 Å². The van der Waals surface area contributed by atoms with Gasteiger partial charge in [-0.3, -0.25) is 18.6 Å². The van der Waals surface area contributed by atoms with Gasteiger partial charge in [0.15, 0.2) is 6.10 Å².